The van der Waals surface area contributed by atoms with Gasteiger partial charge in [0.05, 0.1) is 11.1 Å². The molecule has 0 N–H and O–H groups in total. The fourth-order valence-corrected chi connectivity index (χ4v) is 4.73. The van der Waals surface area contributed by atoms with Crippen LogP contribution in [0.2, 0.25) is 0 Å². The lowest BCUT2D eigenvalue weighted by Crippen LogP contribution is -2.30. The maximum absolute atomic E-state index is 15.4. The van der Waals surface area contributed by atoms with Crippen molar-refractivity contribution in [3.05, 3.63) is 102 Å². The van der Waals surface area contributed by atoms with E-state index in [1.54, 1.807) is 24.4 Å². The summed E-state index contributed by atoms with van der Waals surface area (Å²) in [6.07, 6.45) is 1.75. The van der Waals surface area contributed by atoms with Gasteiger partial charge in [0.2, 0.25) is 5.69 Å². The van der Waals surface area contributed by atoms with Gasteiger partial charge >= 0.3 is 0 Å². The summed E-state index contributed by atoms with van der Waals surface area (Å²) in [7, 11) is 1.87. The highest BCUT2D eigenvalue weighted by Gasteiger charge is 2.23. The van der Waals surface area contributed by atoms with Crippen molar-refractivity contribution in [1.82, 2.24) is 0 Å². The molecule has 0 amide bonds. The Hall–Kier alpha value is -3.98. The maximum Gasteiger partial charge on any atom is 0.216 e. The Bertz CT molecular complexity index is 1820. The van der Waals surface area contributed by atoms with Crippen LogP contribution < -0.4 is 4.57 Å². The normalized spacial score (nSPS) is 13.4. The molecule has 0 radical (unpaired) electrons. The van der Waals surface area contributed by atoms with E-state index in [1.807, 2.05) is 73.1 Å². The number of hydrogen-bond donors (Lipinski definition) is 0. The van der Waals surface area contributed by atoms with Crippen LogP contribution in [0.3, 0.4) is 0 Å². The number of pyridine rings is 1. The lowest BCUT2D eigenvalue weighted by atomic mass is 9.97. The lowest BCUT2D eigenvalue weighted by Gasteiger charge is -2.07. The second-order valence-electron chi connectivity index (χ2n) is 8.51. The predicted molar refractivity (Wildman–Crippen MR) is 133 cm³/mol. The van der Waals surface area contributed by atoms with Crippen LogP contribution in [0.4, 0.5) is 4.39 Å². The first-order valence-electron chi connectivity index (χ1n) is 12.4. The van der Waals surface area contributed by atoms with E-state index in [1.165, 1.54) is 6.07 Å². The molecule has 3 heteroatoms. The van der Waals surface area contributed by atoms with Gasteiger partial charge in [-0.25, -0.2) is 8.96 Å². The van der Waals surface area contributed by atoms with Crippen molar-refractivity contribution in [2.45, 2.75) is 13.8 Å². The number of nitrogens with zero attached hydrogens (tertiary/aromatic N) is 1. The van der Waals surface area contributed by atoms with Crippen LogP contribution in [0.25, 0.3) is 55.1 Å². The van der Waals surface area contributed by atoms with Crippen LogP contribution in [0.15, 0.2) is 89.5 Å². The van der Waals surface area contributed by atoms with Gasteiger partial charge in [-0.1, -0.05) is 48.5 Å². The molecular weight excluding hydrogens is 409 g/mol. The topological polar surface area (TPSA) is 17.0 Å². The zero-order valence-corrected chi connectivity index (χ0v) is 18.3. The quantitative estimate of drug-likeness (QED) is 0.255. The van der Waals surface area contributed by atoms with E-state index in [2.05, 4.69) is 0 Å². The molecule has 0 atom stereocenters. The van der Waals surface area contributed by atoms with E-state index in [9.17, 15) is 0 Å². The molecule has 6 aromatic rings. The highest BCUT2D eigenvalue weighted by Crippen LogP contribution is 2.42. The molecule has 0 aliphatic carbocycles. The molecule has 2 heterocycles. The first-order chi connectivity index (χ1) is 17.2. The molecule has 160 valence electrons. The van der Waals surface area contributed by atoms with Crippen LogP contribution in [0.5, 0.6) is 0 Å². The minimum Gasteiger partial charge on any atom is -0.454 e. The zero-order chi connectivity index (χ0) is 25.2. The summed E-state index contributed by atoms with van der Waals surface area (Å²) in [5.74, 6) is -0.356. The van der Waals surface area contributed by atoms with Crippen molar-refractivity contribution < 1.29 is 17.5 Å². The van der Waals surface area contributed by atoms with Gasteiger partial charge in [-0.3, -0.25) is 0 Å². The molecule has 0 saturated carbocycles. The number of furan rings is 1. The largest absolute Gasteiger partial charge is 0.454 e. The fourth-order valence-electron chi connectivity index (χ4n) is 4.73. The molecule has 2 nitrogen and oxygen atoms in total. The number of aryl methyl sites for hydroxylation is 3. The molecule has 0 aliphatic heterocycles. The SMILES string of the molecule is [2H]C([2H])([2H])c1cc[n+](C)c(-c2c(C)ccc3c2oc2c(-c4ccc5ccccc5c4)c(F)ccc23)c1. The van der Waals surface area contributed by atoms with Gasteiger partial charge in [-0.15, -0.1) is 0 Å². The molecule has 2 aromatic heterocycles. The Morgan fingerprint density at radius 2 is 1.58 bits per heavy atom. The van der Waals surface area contributed by atoms with Crippen LogP contribution >= 0.6 is 0 Å². The van der Waals surface area contributed by atoms with Crippen LogP contribution in [0.1, 0.15) is 15.2 Å². The third-order valence-electron chi connectivity index (χ3n) is 6.41. The van der Waals surface area contributed by atoms with Gasteiger partial charge in [0.25, 0.3) is 0 Å². The summed E-state index contributed by atoms with van der Waals surface area (Å²) in [4.78, 5) is 0. The minimum atomic E-state index is -2.23. The van der Waals surface area contributed by atoms with E-state index >= 15 is 4.39 Å². The van der Waals surface area contributed by atoms with Crippen molar-refractivity contribution in [3.63, 3.8) is 0 Å². The Balaban J connectivity index is 1.67. The monoisotopic (exact) mass is 435 g/mol. The van der Waals surface area contributed by atoms with Crippen LogP contribution in [-0.2, 0) is 7.05 Å². The number of hydrogen-bond acceptors (Lipinski definition) is 1. The summed E-state index contributed by atoms with van der Waals surface area (Å²) in [6, 6.07) is 24.4. The average molecular weight is 436 g/mol. The number of fused-ring (bicyclic) bond motifs is 4. The van der Waals surface area contributed by atoms with E-state index in [4.69, 9.17) is 8.53 Å². The summed E-state index contributed by atoms with van der Waals surface area (Å²) in [5.41, 5.74) is 4.94. The van der Waals surface area contributed by atoms with Crippen molar-refractivity contribution in [2.24, 2.45) is 7.05 Å². The summed E-state index contributed by atoms with van der Waals surface area (Å²) in [6.45, 7) is -0.264. The third-order valence-corrected chi connectivity index (χ3v) is 6.41. The molecule has 0 saturated heterocycles. The summed E-state index contributed by atoms with van der Waals surface area (Å²) in [5, 5.41) is 3.77. The second-order valence-corrected chi connectivity index (χ2v) is 8.51. The smallest absolute Gasteiger partial charge is 0.216 e. The molecule has 4 aromatic carbocycles. The summed E-state index contributed by atoms with van der Waals surface area (Å²) >= 11 is 0. The lowest BCUT2D eigenvalue weighted by molar-refractivity contribution is -0.660. The van der Waals surface area contributed by atoms with E-state index in [0.717, 1.165) is 43.9 Å². The predicted octanol–water partition coefficient (Wildman–Crippen LogP) is 7.65. The van der Waals surface area contributed by atoms with Crippen LogP contribution in [0, 0.1) is 19.6 Å². The van der Waals surface area contributed by atoms with Gasteiger partial charge in [-0.05, 0) is 59.4 Å². The first kappa shape index (κ1) is 16.6. The van der Waals surface area contributed by atoms with Crippen LogP contribution in [-0.4, -0.2) is 0 Å². The Labute approximate surface area is 195 Å². The molecule has 6 rings (SSSR count). The molecule has 33 heavy (non-hydrogen) atoms. The Morgan fingerprint density at radius 1 is 0.818 bits per heavy atom. The van der Waals surface area contributed by atoms with Crippen molar-refractivity contribution in [2.75, 3.05) is 0 Å². The number of benzene rings is 4. The fraction of sp³-hybridized carbons (Fsp3) is 0.100. The maximum atomic E-state index is 15.4. The van der Waals surface area contributed by atoms with Gasteiger partial charge in [0, 0.05) is 27.0 Å². The highest BCUT2D eigenvalue weighted by atomic mass is 19.1. The van der Waals surface area contributed by atoms with E-state index < -0.39 is 6.85 Å². The molecule has 0 bridgehead atoms. The van der Waals surface area contributed by atoms with Crippen molar-refractivity contribution >= 4 is 32.7 Å². The zero-order valence-electron chi connectivity index (χ0n) is 21.3. The number of rotatable bonds is 2. The Kier molecular flexibility index (Phi) is 3.67. The van der Waals surface area contributed by atoms with Gasteiger partial charge in [-0.2, -0.15) is 0 Å². The van der Waals surface area contributed by atoms with E-state index in [0.29, 0.717) is 16.7 Å². The molecule has 0 unspecified atom stereocenters. The third kappa shape index (κ3) is 3.04. The summed E-state index contributed by atoms with van der Waals surface area (Å²) < 4.78 is 47.3. The molecular formula is C30H23FNO+. The average Bonchev–Trinajstić information content (AvgIpc) is 3.22. The van der Waals surface area contributed by atoms with Gasteiger partial charge in [0.1, 0.15) is 24.0 Å². The first-order valence-corrected chi connectivity index (χ1v) is 10.9. The van der Waals surface area contributed by atoms with E-state index in [-0.39, 0.29) is 11.4 Å². The molecule has 0 aliphatic rings. The second kappa shape index (κ2) is 7.28. The molecule has 0 spiro atoms. The van der Waals surface area contributed by atoms with Gasteiger partial charge in [0.15, 0.2) is 6.20 Å². The number of aromatic nitrogens is 1. The minimum absolute atomic E-state index is 0.256. The molecule has 0 fully saturated rings. The van der Waals surface area contributed by atoms with Crippen molar-refractivity contribution in [1.29, 1.82) is 0 Å². The standard InChI is InChI=1S/C30H23FNO/c1-18-14-15-32(3)26(16-18)27-19(2)8-11-23-24-12-13-25(31)28(30(24)33-29(23)27)22-10-9-20-6-4-5-7-21(20)17-22/h4-17H,1-3H3/q+1/i1D3. The van der Waals surface area contributed by atoms with Gasteiger partial charge < -0.3 is 4.42 Å². The Morgan fingerprint density at radius 3 is 2.39 bits per heavy atom. The number of halogens is 1. The highest BCUT2D eigenvalue weighted by molar-refractivity contribution is 6.13. The van der Waals surface area contributed by atoms with Crippen molar-refractivity contribution in [3.8, 4) is 22.4 Å².